The van der Waals surface area contributed by atoms with Crippen molar-refractivity contribution in [2.45, 2.75) is 18.5 Å². The Morgan fingerprint density at radius 2 is 1.91 bits per heavy atom. The molecule has 1 aromatic carbocycles. The zero-order chi connectivity index (χ0) is 16.2. The van der Waals surface area contributed by atoms with Crippen molar-refractivity contribution in [1.29, 1.82) is 0 Å². The lowest BCUT2D eigenvalue weighted by atomic mass is 9.86. The molecule has 1 heterocycles. The summed E-state index contributed by atoms with van der Waals surface area (Å²) in [5, 5.41) is 3.00. The summed E-state index contributed by atoms with van der Waals surface area (Å²) in [4.78, 5) is 24.6. The van der Waals surface area contributed by atoms with Crippen molar-refractivity contribution >= 4 is 23.4 Å². The average molecular weight is 325 g/mol. The van der Waals surface area contributed by atoms with Gasteiger partial charge in [0.2, 0.25) is 11.8 Å². The van der Waals surface area contributed by atoms with Gasteiger partial charge < -0.3 is 10.2 Å². The van der Waals surface area contributed by atoms with Gasteiger partial charge in [0.05, 0.1) is 6.54 Å². The molecule has 6 heteroatoms. The number of carbonyl (C=O) groups excluding carboxylic acids is 2. The number of carbonyl (C=O) groups is 2. The molecule has 1 fully saturated rings. The van der Waals surface area contributed by atoms with Crippen LogP contribution in [0, 0.1) is 0 Å². The van der Waals surface area contributed by atoms with E-state index in [0.29, 0.717) is 23.7 Å². The van der Waals surface area contributed by atoms with Crippen molar-refractivity contribution in [3.8, 4) is 0 Å². The highest BCUT2D eigenvalue weighted by atomic mass is 35.5. The smallest absolute Gasteiger partial charge is 0.243 e. The molecule has 0 saturated carbocycles. The lowest BCUT2D eigenvalue weighted by molar-refractivity contribution is -0.134. The number of nitrogens with one attached hydrogen (secondary N) is 1. The Kier molecular flexibility index (Phi) is 5.19. The second-order valence-corrected chi connectivity index (χ2v) is 5.71. The van der Waals surface area contributed by atoms with Gasteiger partial charge in [-0.05, 0) is 23.8 Å². The normalized spacial score (nSPS) is 16.9. The third-order valence-electron chi connectivity index (χ3n) is 3.87. The van der Waals surface area contributed by atoms with E-state index in [0.717, 1.165) is 6.08 Å². The van der Waals surface area contributed by atoms with Gasteiger partial charge in [0.1, 0.15) is 5.67 Å². The third-order valence-corrected chi connectivity index (χ3v) is 4.12. The Morgan fingerprint density at radius 3 is 2.45 bits per heavy atom. The molecular weight excluding hydrogens is 307 g/mol. The van der Waals surface area contributed by atoms with Crippen LogP contribution in [0.25, 0.3) is 0 Å². The summed E-state index contributed by atoms with van der Waals surface area (Å²) in [6.07, 6.45) is 1.57. The van der Waals surface area contributed by atoms with E-state index in [1.807, 2.05) is 0 Å². The molecule has 1 N–H and O–H groups in total. The fraction of sp³-hybridized carbons (Fsp3) is 0.375. The van der Waals surface area contributed by atoms with Crippen LogP contribution < -0.4 is 5.32 Å². The highest BCUT2D eigenvalue weighted by Crippen LogP contribution is 2.37. The topological polar surface area (TPSA) is 49.4 Å². The van der Waals surface area contributed by atoms with Crippen LogP contribution in [0.15, 0.2) is 36.9 Å². The van der Waals surface area contributed by atoms with Crippen LogP contribution in [-0.4, -0.2) is 36.3 Å². The minimum absolute atomic E-state index is 0.0922. The number of piperidine rings is 1. The number of amides is 2. The number of hydrogen-bond acceptors (Lipinski definition) is 2. The maximum Gasteiger partial charge on any atom is 0.243 e. The quantitative estimate of drug-likeness (QED) is 0.865. The first-order valence-corrected chi connectivity index (χ1v) is 7.45. The van der Waals surface area contributed by atoms with Crippen molar-refractivity contribution in [3.05, 3.63) is 47.5 Å². The first-order chi connectivity index (χ1) is 10.4. The monoisotopic (exact) mass is 324 g/mol. The van der Waals surface area contributed by atoms with Gasteiger partial charge in [-0.2, -0.15) is 0 Å². The average Bonchev–Trinajstić information content (AvgIpc) is 2.53. The van der Waals surface area contributed by atoms with Crippen LogP contribution in [0.3, 0.4) is 0 Å². The Morgan fingerprint density at radius 1 is 1.32 bits per heavy atom. The number of likely N-dealkylation sites (tertiary alicyclic amines) is 1. The van der Waals surface area contributed by atoms with Gasteiger partial charge in [-0.3, -0.25) is 9.59 Å². The van der Waals surface area contributed by atoms with Gasteiger partial charge in [0.25, 0.3) is 0 Å². The molecule has 1 saturated heterocycles. The van der Waals surface area contributed by atoms with E-state index in [2.05, 4.69) is 11.9 Å². The predicted octanol–water partition coefficient (Wildman–Crippen LogP) is 2.43. The summed E-state index contributed by atoms with van der Waals surface area (Å²) in [6, 6.07) is 6.70. The van der Waals surface area contributed by atoms with Gasteiger partial charge in [-0.15, -0.1) is 0 Å². The van der Waals surface area contributed by atoms with Crippen LogP contribution in [0.4, 0.5) is 4.39 Å². The minimum atomic E-state index is -1.44. The molecule has 1 aliphatic rings. The van der Waals surface area contributed by atoms with E-state index >= 15 is 0 Å². The van der Waals surface area contributed by atoms with Gasteiger partial charge in [0, 0.05) is 31.0 Å². The van der Waals surface area contributed by atoms with Gasteiger partial charge >= 0.3 is 0 Å². The van der Waals surface area contributed by atoms with E-state index in [1.54, 1.807) is 29.2 Å². The molecule has 118 valence electrons. The molecule has 2 amide bonds. The second-order valence-electron chi connectivity index (χ2n) is 5.27. The maximum absolute atomic E-state index is 15.0. The molecule has 1 aromatic rings. The summed E-state index contributed by atoms with van der Waals surface area (Å²) < 4.78 is 15.0. The molecule has 0 aromatic heterocycles. The minimum Gasteiger partial charge on any atom is -0.343 e. The number of rotatable bonds is 4. The Bertz CT molecular complexity index is 566. The Balaban J connectivity index is 1.91. The maximum atomic E-state index is 15.0. The van der Waals surface area contributed by atoms with Crippen LogP contribution >= 0.6 is 11.6 Å². The molecule has 0 bridgehead atoms. The van der Waals surface area contributed by atoms with Crippen molar-refractivity contribution < 1.29 is 14.0 Å². The fourth-order valence-electron chi connectivity index (χ4n) is 2.49. The van der Waals surface area contributed by atoms with E-state index in [9.17, 15) is 14.0 Å². The van der Waals surface area contributed by atoms with E-state index in [-0.39, 0.29) is 25.3 Å². The molecule has 0 unspecified atom stereocenters. The molecule has 4 nitrogen and oxygen atoms in total. The Hall–Kier alpha value is -1.88. The first kappa shape index (κ1) is 16.5. The predicted molar refractivity (Wildman–Crippen MR) is 83.3 cm³/mol. The lowest BCUT2D eigenvalue weighted by Crippen LogP contribution is -2.46. The molecule has 0 radical (unpaired) electrons. The molecule has 0 spiro atoms. The summed E-state index contributed by atoms with van der Waals surface area (Å²) >= 11 is 5.82. The molecular formula is C16H18ClFN2O2. The van der Waals surface area contributed by atoms with Crippen molar-refractivity contribution in [2.24, 2.45) is 0 Å². The zero-order valence-corrected chi connectivity index (χ0v) is 12.9. The highest BCUT2D eigenvalue weighted by Gasteiger charge is 2.37. The van der Waals surface area contributed by atoms with E-state index < -0.39 is 11.6 Å². The number of halogens is 2. The summed E-state index contributed by atoms with van der Waals surface area (Å²) in [5.41, 5.74) is -0.852. The van der Waals surface area contributed by atoms with Crippen LogP contribution in [0.5, 0.6) is 0 Å². The molecule has 0 aliphatic carbocycles. The highest BCUT2D eigenvalue weighted by molar-refractivity contribution is 6.30. The summed E-state index contributed by atoms with van der Waals surface area (Å²) in [7, 11) is 0. The van der Waals surface area contributed by atoms with Crippen molar-refractivity contribution in [1.82, 2.24) is 10.2 Å². The van der Waals surface area contributed by atoms with Gasteiger partial charge in [0.15, 0.2) is 0 Å². The fourth-order valence-corrected chi connectivity index (χ4v) is 2.62. The molecule has 1 aliphatic heterocycles. The standard InChI is InChI=1S/C16H18ClFN2O2/c1-2-14(21)19-11-15(22)20-9-7-16(18,8-10-20)12-3-5-13(17)6-4-12/h2-6H,1,7-11H2,(H,19,21). The summed E-state index contributed by atoms with van der Waals surface area (Å²) in [5.74, 6) is -0.611. The van der Waals surface area contributed by atoms with Gasteiger partial charge in [-0.25, -0.2) is 4.39 Å². The number of alkyl halides is 1. The van der Waals surface area contributed by atoms with Crippen LogP contribution in [0.2, 0.25) is 5.02 Å². The van der Waals surface area contributed by atoms with Crippen LogP contribution in [-0.2, 0) is 15.3 Å². The molecule has 0 atom stereocenters. The van der Waals surface area contributed by atoms with Crippen molar-refractivity contribution in [3.63, 3.8) is 0 Å². The zero-order valence-electron chi connectivity index (χ0n) is 12.1. The molecule has 2 rings (SSSR count). The number of nitrogens with zero attached hydrogens (tertiary/aromatic N) is 1. The van der Waals surface area contributed by atoms with Gasteiger partial charge in [-0.1, -0.05) is 30.3 Å². The number of benzene rings is 1. The van der Waals surface area contributed by atoms with E-state index in [1.165, 1.54) is 0 Å². The lowest BCUT2D eigenvalue weighted by Gasteiger charge is -2.36. The Labute approximate surface area is 133 Å². The van der Waals surface area contributed by atoms with E-state index in [4.69, 9.17) is 11.6 Å². The van der Waals surface area contributed by atoms with Crippen LogP contribution in [0.1, 0.15) is 18.4 Å². The first-order valence-electron chi connectivity index (χ1n) is 7.07. The second kappa shape index (κ2) is 6.92. The molecule has 22 heavy (non-hydrogen) atoms. The SMILES string of the molecule is C=CC(=O)NCC(=O)N1CCC(F)(c2ccc(Cl)cc2)CC1. The number of hydrogen-bond donors (Lipinski definition) is 1. The van der Waals surface area contributed by atoms with Crippen molar-refractivity contribution in [2.75, 3.05) is 19.6 Å². The third kappa shape index (κ3) is 3.85. The largest absolute Gasteiger partial charge is 0.343 e. The summed E-state index contributed by atoms with van der Waals surface area (Å²) in [6.45, 7) is 3.86.